The van der Waals surface area contributed by atoms with Crippen molar-refractivity contribution in [2.75, 3.05) is 7.11 Å². The lowest BCUT2D eigenvalue weighted by atomic mass is 10.1. The molecule has 4 rings (SSSR count). The number of halogens is 1. The van der Waals surface area contributed by atoms with Gasteiger partial charge in [0, 0.05) is 11.4 Å². The Morgan fingerprint density at radius 2 is 1.66 bits per heavy atom. The minimum Gasteiger partial charge on any atom is -0.496 e. The first kappa shape index (κ1) is 24.1. The average Bonchev–Trinajstić information content (AvgIpc) is 3.23. The molecule has 4 aromatic rings. The first-order chi connectivity index (χ1) is 17.0. The summed E-state index contributed by atoms with van der Waals surface area (Å²) < 4.78 is 12.9. The van der Waals surface area contributed by atoms with E-state index in [-0.39, 0.29) is 31.4 Å². The normalized spacial score (nSPS) is 10.7. The molecular formula is C26H25ClN4O4. The summed E-state index contributed by atoms with van der Waals surface area (Å²) in [6, 6.07) is 22.0. The summed E-state index contributed by atoms with van der Waals surface area (Å²) in [5.41, 5.74) is 7.42. The highest BCUT2D eigenvalue weighted by molar-refractivity contribution is 6.30. The Bertz CT molecular complexity index is 1320. The van der Waals surface area contributed by atoms with Crippen LogP contribution in [0, 0.1) is 0 Å². The van der Waals surface area contributed by atoms with Gasteiger partial charge in [0.15, 0.2) is 0 Å². The summed E-state index contributed by atoms with van der Waals surface area (Å²) in [7, 11) is 1.59. The number of nitrogens with one attached hydrogen (secondary N) is 2. The zero-order valence-electron chi connectivity index (χ0n) is 19.2. The number of hydrogen-bond acceptors (Lipinski definition) is 5. The average molecular weight is 493 g/mol. The molecule has 0 aliphatic rings. The van der Waals surface area contributed by atoms with E-state index in [9.17, 15) is 9.59 Å². The third-order valence-corrected chi connectivity index (χ3v) is 5.62. The van der Waals surface area contributed by atoms with Gasteiger partial charge in [0.1, 0.15) is 30.5 Å². The monoisotopic (exact) mass is 492 g/mol. The number of carbonyl (C=O) groups excluding carboxylic acids is 2. The van der Waals surface area contributed by atoms with Crippen molar-refractivity contribution in [2.45, 2.75) is 26.0 Å². The highest BCUT2D eigenvalue weighted by Crippen LogP contribution is 2.20. The van der Waals surface area contributed by atoms with Gasteiger partial charge in [-0.25, -0.2) is 4.98 Å². The third kappa shape index (κ3) is 6.30. The number of hydrazine groups is 1. The van der Waals surface area contributed by atoms with Gasteiger partial charge in [0.25, 0.3) is 5.91 Å². The summed E-state index contributed by atoms with van der Waals surface area (Å²) in [5.74, 6) is 1.26. The molecule has 1 aromatic heterocycles. The number of amides is 2. The van der Waals surface area contributed by atoms with Crippen molar-refractivity contribution < 1.29 is 19.1 Å². The number of methoxy groups -OCH3 is 1. The Labute approximate surface area is 207 Å². The van der Waals surface area contributed by atoms with Crippen LogP contribution in [0.4, 0.5) is 0 Å². The summed E-state index contributed by atoms with van der Waals surface area (Å²) in [6.45, 7) is 0.126. The lowest BCUT2D eigenvalue weighted by molar-refractivity contribution is -0.129. The maximum atomic E-state index is 12.6. The van der Waals surface area contributed by atoms with Crippen molar-refractivity contribution >= 4 is 34.4 Å². The van der Waals surface area contributed by atoms with Gasteiger partial charge in [-0.2, -0.15) is 0 Å². The summed E-state index contributed by atoms with van der Waals surface area (Å²) in [4.78, 5) is 29.5. The summed E-state index contributed by atoms with van der Waals surface area (Å²) >= 11 is 5.93. The van der Waals surface area contributed by atoms with Gasteiger partial charge >= 0.3 is 0 Å². The molecule has 9 heteroatoms. The number of aryl methyl sites for hydroxylation is 1. The van der Waals surface area contributed by atoms with Crippen LogP contribution in [-0.2, 0) is 29.2 Å². The van der Waals surface area contributed by atoms with Crippen molar-refractivity contribution in [3.63, 3.8) is 0 Å². The van der Waals surface area contributed by atoms with E-state index in [1.54, 1.807) is 35.9 Å². The fraction of sp³-hybridized carbons (Fsp3) is 0.192. The number of imidazole rings is 1. The van der Waals surface area contributed by atoms with E-state index < -0.39 is 0 Å². The largest absolute Gasteiger partial charge is 0.496 e. The molecule has 2 N–H and O–H groups in total. The number of carbonyl (C=O) groups is 2. The first-order valence-electron chi connectivity index (χ1n) is 11.1. The molecule has 1 heterocycles. The van der Waals surface area contributed by atoms with Crippen LogP contribution in [0.5, 0.6) is 11.5 Å². The molecule has 8 nitrogen and oxygen atoms in total. The van der Waals surface area contributed by atoms with Crippen LogP contribution in [0.3, 0.4) is 0 Å². The Morgan fingerprint density at radius 3 is 2.46 bits per heavy atom. The molecule has 0 saturated carbocycles. The van der Waals surface area contributed by atoms with E-state index in [1.165, 1.54) is 0 Å². The second kappa shape index (κ2) is 11.4. The lowest BCUT2D eigenvalue weighted by Crippen LogP contribution is -2.43. The van der Waals surface area contributed by atoms with Crippen LogP contribution in [0.25, 0.3) is 11.0 Å². The smallest absolute Gasteiger partial charge is 0.258 e. The van der Waals surface area contributed by atoms with Crippen LogP contribution in [0.15, 0.2) is 72.8 Å². The van der Waals surface area contributed by atoms with Crippen molar-refractivity contribution in [2.24, 2.45) is 0 Å². The minimum atomic E-state index is -0.383. The van der Waals surface area contributed by atoms with Gasteiger partial charge in [-0.15, -0.1) is 0 Å². The van der Waals surface area contributed by atoms with Crippen molar-refractivity contribution in [3.05, 3.63) is 89.2 Å². The number of benzene rings is 3. The number of rotatable bonds is 9. The molecule has 0 aliphatic heterocycles. The molecule has 0 radical (unpaired) electrons. The fourth-order valence-corrected chi connectivity index (χ4v) is 3.76. The van der Waals surface area contributed by atoms with Crippen LogP contribution in [0.1, 0.15) is 17.8 Å². The Morgan fingerprint density at radius 1 is 0.943 bits per heavy atom. The van der Waals surface area contributed by atoms with E-state index in [0.29, 0.717) is 23.0 Å². The van der Waals surface area contributed by atoms with Gasteiger partial charge in [-0.1, -0.05) is 41.9 Å². The number of fused-ring (bicyclic) bond motifs is 1. The predicted octanol–water partition coefficient (Wildman–Crippen LogP) is 4.06. The van der Waals surface area contributed by atoms with Crippen LogP contribution < -0.4 is 20.3 Å². The number of hydrogen-bond donors (Lipinski definition) is 2. The highest BCUT2D eigenvalue weighted by atomic mass is 35.5. The number of para-hydroxylation sites is 3. The van der Waals surface area contributed by atoms with E-state index >= 15 is 0 Å². The first-order valence-corrected chi connectivity index (χ1v) is 11.4. The Kier molecular flexibility index (Phi) is 7.84. The van der Waals surface area contributed by atoms with Gasteiger partial charge in [0.2, 0.25) is 5.91 Å². The Hall–Kier alpha value is -4.04. The van der Waals surface area contributed by atoms with E-state index in [1.807, 2.05) is 48.5 Å². The molecule has 0 bridgehead atoms. The zero-order valence-corrected chi connectivity index (χ0v) is 19.9. The zero-order chi connectivity index (χ0) is 24.6. The van der Waals surface area contributed by atoms with E-state index in [2.05, 4.69) is 15.8 Å². The second-order valence-electron chi connectivity index (χ2n) is 7.75. The SMILES string of the molecule is COc1ccccc1CCC(=O)NNC(=O)Cn1c(COc2ccc(Cl)cc2)nc2ccccc21. The number of nitrogens with zero attached hydrogens (tertiary/aromatic N) is 2. The Balaban J connectivity index is 1.36. The molecule has 0 fully saturated rings. The molecule has 180 valence electrons. The van der Waals surface area contributed by atoms with Gasteiger partial charge in [0.05, 0.1) is 18.1 Å². The van der Waals surface area contributed by atoms with Crippen LogP contribution >= 0.6 is 11.6 Å². The molecule has 2 amide bonds. The molecule has 3 aromatic carbocycles. The molecule has 0 atom stereocenters. The molecule has 0 aliphatic carbocycles. The number of ether oxygens (including phenoxy) is 2. The predicted molar refractivity (Wildman–Crippen MR) is 133 cm³/mol. The van der Waals surface area contributed by atoms with Gasteiger partial charge in [-0.3, -0.25) is 20.4 Å². The molecule has 0 unspecified atom stereocenters. The van der Waals surface area contributed by atoms with Gasteiger partial charge in [-0.05, 0) is 54.4 Å². The summed E-state index contributed by atoms with van der Waals surface area (Å²) in [6.07, 6.45) is 0.693. The molecule has 35 heavy (non-hydrogen) atoms. The highest BCUT2D eigenvalue weighted by Gasteiger charge is 2.15. The van der Waals surface area contributed by atoms with Crippen LogP contribution in [-0.4, -0.2) is 28.5 Å². The van der Waals surface area contributed by atoms with E-state index in [4.69, 9.17) is 21.1 Å². The standard InChI is InChI=1S/C26H25ClN4O4/c1-34-23-9-5-2-6-18(23)10-15-25(32)29-30-26(33)16-31-22-8-4-3-7-21(22)28-24(31)17-35-20-13-11-19(27)12-14-20/h2-9,11-14H,10,15-17H2,1H3,(H,29,32)(H,30,33). The van der Waals surface area contributed by atoms with Crippen LogP contribution in [0.2, 0.25) is 5.02 Å². The van der Waals surface area contributed by atoms with E-state index in [0.717, 1.165) is 22.3 Å². The second-order valence-corrected chi connectivity index (χ2v) is 8.19. The maximum absolute atomic E-state index is 12.6. The molecule has 0 saturated heterocycles. The molecule has 0 spiro atoms. The quantitative estimate of drug-likeness (QED) is 0.344. The lowest BCUT2D eigenvalue weighted by Gasteiger charge is -2.12. The third-order valence-electron chi connectivity index (χ3n) is 5.37. The topological polar surface area (TPSA) is 94.5 Å². The minimum absolute atomic E-state index is 0.0351. The number of aromatic nitrogens is 2. The van der Waals surface area contributed by atoms with Crippen molar-refractivity contribution in [3.8, 4) is 11.5 Å². The molecular weight excluding hydrogens is 468 g/mol. The van der Waals surface area contributed by atoms with Crippen molar-refractivity contribution in [1.29, 1.82) is 0 Å². The maximum Gasteiger partial charge on any atom is 0.258 e. The van der Waals surface area contributed by atoms with Gasteiger partial charge < -0.3 is 14.0 Å². The fourth-order valence-electron chi connectivity index (χ4n) is 3.63. The van der Waals surface area contributed by atoms with Crippen molar-refractivity contribution in [1.82, 2.24) is 20.4 Å². The summed E-state index contributed by atoms with van der Waals surface area (Å²) in [5, 5.41) is 0.617.